The zero-order valence-electron chi connectivity index (χ0n) is 50.0. The molecule has 4 heteroatoms. The topological polar surface area (TPSA) is 69.6 Å². The van der Waals surface area contributed by atoms with Gasteiger partial charge in [-0.05, 0) is 12.8 Å². The molecular weight excluding hydrogens is 879 g/mol. The third-order valence-corrected chi connectivity index (χ3v) is 16.6. The zero-order chi connectivity index (χ0) is 52.0. The second-order valence-electron chi connectivity index (χ2n) is 24.0. The number of unbranched alkanes of at least 4 members (excludes halogenated alkanes) is 58. The van der Waals surface area contributed by atoms with E-state index in [1.807, 2.05) is 0 Å². The molecule has 0 aromatic rings. The molecule has 0 rings (SSSR count). The lowest BCUT2D eigenvalue weighted by Gasteiger charge is -2.22. The van der Waals surface area contributed by atoms with Gasteiger partial charge in [0.1, 0.15) is 0 Å². The Morgan fingerprint density at radius 2 is 0.444 bits per heavy atom. The summed E-state index contributed by atoms with van der Waals surface area (Å²) in [5.74, 6) is -0.0196. The number of amides is 1. The van der Waals surface area contributed by atoms with Crippen LogP contribution in [0.3, 0.4) is 0 Å². The third kappa shape index (κ3) is 60.3. The van der Waals surface area contributed by atoms with Crippen molar-refractivity contribution in [2.24, 2.45) is 0 Å². The minimum absolute atomic E-state index is 0.0196. The van der Waals surface area contributed by atoms with Crippen LogP contribution in [0.15, 0.2) is 0 Å². The second-order valence-corrected chi connectivity index (χ2v) is 24.0. The van der Waals surface area contributed by atoms with Crippen LogP contribution in [0.2, 0.25) is 0 Å². The van der Waals surface area contributed by atoms with Crippen molar-refractivity contribution < 1.29 is 15.0 Å². The Bertz CT molecular complexity index is 971. The highest BCUT2D eigenvalue weighted by molar-refractivity contribution is 5.76. The molecule has 0 radical (unpaired) electrons. The minimum Gasteiger partial charge on any atom is -0.394 e. The molecule has 0 aliphatic carbocycles. The van der Waals surface area contributed by atoms with Crippen LogP contribution in [0.4, 0.5) is 0 Å². The number of aliphatic hydroxyl groups excluding tert-OH is 2. The molecule has 0 saturated heterocycles. The van der Waals surface area contributed by atoms with E-state index in [1.54, 1.807) is 0 Å². The Labute approximate surface area is 454 Å². The number of hydrogen-bond donors (Lipinski definition) is 3. The van der Waals surface area contributed by atoms with E-state index in [0.717, 1.165) is 25.7 Å². The monoisotopic (exact) mass is 1020 g/mol. The van der Waals surface area contributed by atoms with Crippen molar-refractivity contribution in [3.05, 3.63) is 0 Å². The van der Waals surface area contributed by atoms with Gasteiger partial charge in [0.15, 0.2) is 0 Å². The summed E-state index contributed by atoms with van der Waals surface area (Å²) in [6.45, 7) is 4.42. The van der Waals surface area contributed by atoms with Gasteiger partial charge >= 0.3 is 0 Å². The Kier molecular flexibility index (Phi) is 64.1. The Balaban J connectivity index is 3.34. The van der Waals surface area contributed by atoms with E-state index in [9.17, 15) is 15.0 Å². The van der Waals surface area contributed by atoms with Crippen LogP contribution in [0.5, 0.6) is 0 Å². The highest BCUT2D eigenvalue weighted by Crippen LogP contribution is 2.20. The van der Waals surface area contributed by atoms with Crippen molar-refractivity contribution >= 4 is 5.91 Å². The molecule has 0 aromatic heterocycles. The maximum Gasteiger partial charge on any atom is 0.220 e. The van der Waals surface area contributed by atoms with Gasteiger partial charge in [-0.3, -0.25) is 4.79 Å². The number of aliphatic hydroxyl groups is 2. The van der Waals surface area contributed by atoms with Gasteiger partial charge in [0.05, 0.1) is 18.8 Å². The fourth-order valence-electron chi connectivity index (χ4n) is 11.4. The van der Waals surface area contributed by atoms with Crippen molar-refractivity contribution in [2.45, 2.75) is 424 Å². The second kappa shape index (κ2) is 64.7. The number of rotatable bonds is 65. The molecular formula is C68H137NO3. The maximum atomic E-state index is 12.5. The lowest BCUT2D eigenvalue weighted by molar-refractivity contribution is -0.123. The van der Waals surface area contributed by atoms with Gasteiger partial charge in [-0.15, -0.1) is 0 Å². The molecule has 2 unspecified atom stereocenters. The molecule has 0 aliphatic rings. The van der Waals surface area contributed by atoms with Crippen LogP contribution in [0.1, 0.15) is 412 Å². The van der Waals surface area contributed by atoms with Crippen molar-refractivity contribution in [3.63, 3.8) is 0 Å². The van der Waals surface area contributed by atoms with Crippen LogP contribution in [-0.4, -0.2) is 34.9 Å². The Morgan fingerprint density at radius 1 is 0.278 bits per heavy atom. The molecule has 4 nitrogen and oxygen atoms in total. The molecule has 0 bridgehead atoms. The van der Waals surface area contributed by atoms with Crippen molar-refractivity contribution in [3.8, 4) is 0 Å². The molecule has 3 N–H and O–H groups in total. The summed E-state index contributed by atoms with van der Waals surface area (Å²) in [5, 5.41) is 23.4. The SMILES string of the molecule is CCCCCCCCCCCCCCCCCCCCCCCCCCCCCCCCCCCCCCC(=O)NC(CO)C(O)CCCCCCCCCCCCCCCCCCCCCCCCCC. The number of carbonyl (C=O) groups excluding carboxylic acids is 1. The van der Waals surface area contributed by atoms with Crippen molar-refractivity contribution in [2.75, 3.05) is 6.61 Å². The molecule has 0 spiro atoms. The molecule has 432 valence electrons. The Hall–Kier alpha value is -0.610. The number of nitrogens with one attached hydrogen (secondary N) is 1. The maximum absolute atomic E-state index is 12.5. The molecule has 0 heterocycles. The summed E-state index contributed by atoms with van der Waals surface area (Å²) in [4.78, 5) is 12.5. The van der Waals surface area contributed by atoms with Crippen LogP contribution in [-0.2, 0) is 4.79 Å². The van der Waals surface area contributed by atoms with Gasteiger partial charge in [0, 0.05) is 6.42 Å². The van der Waals surface area contributed by atoms with Crippen molar-refractivity contribution in [1.82, 2.24) is 5.32 Å². The van der Waals surface area contributed by atoms with E-state index in [2.05, 4.69) is 19.2 Å². The molecule has 72 heavy (non-hydrogen) atoms. The minimum atomic E-state index is -0.656. The van der Waals surface area contributed by atoms with Crippen LogP contribution < -0.4 is 5.32 Å². The normalized spacial score (nSPS) is 12.6. The van der Waals surface area contributed by atoms with Crippen LogP contribution >= 0.6 is 0 Å². The third-order valence-electron chi connectivity index (χ3n) is 16.6. The standard InChI is InChI=1S/C68H137NO3/c1-3-5-7-9-11-13-15-17-19-21-23-25-27-29-30-31-32-33-34-35-36-37-38-39-40-42-44-46-48-50-52-54-56-58-60-62-64-68(72)69-66(65-70)67(71)63-61-59-57-55-53-51-49-47-45-43-41-28-26-24-22-20-18-16-14-12-10-8-6-4-2/h66-67,70-71H,3-65H2,1-2H3,(H,69,72). The van der Waals surface area contributed by atoms with E-state index >= 15 is 0 Å². The quantitative estimate of drug-likeness (QED) is 0.0532. The molecule has 0 saturated carbocycles. The lowest BCUT2D eigenvalue weighted by atomic mass is 10.0. The Morgan fingerprint density at radius 3 is 0.625 bits per heavy atom. The van der Waals surface area contributed by atoms with Gasteiger partial charge in [-0.1, -0.05) is 393 Å². The average molecular weight is 1020 g/mol. The summed E-state index contributed by atoms with van der Waals surface area (Å²) >= 11 is 0. The molecule has 1 amide bonds. The number of carbonyl (C=O) groups is 1. The molecule has 0 aromatic carbocycles. The smallest absolute Gasteiger partial charge is 0.220 e. The summed E-state index contributed by atoms with van der Waals surface area (Å²) in [7, 11) is 0. The predicted octanol–water partition coefficient (Wildman–Crippen LogP) is 23.1. The fraction of sp³-hybridized carbons (Fsp3) is 0.985. The lowest BCUT2D eigenvalue weighted by Crippen LogP contribution is -2.45. The van der Waals surface area contributed by atoms with Crippen LogP contribution in [0, 0.1) is 0 Å². The van der Waals surface area contributed by atoms with E-state index in [0.29, 0.717) is 12.8 Å². The first-order valence-corrected chi connectivity index (χ1v) is 34.2. The predicted molar refractivity (Wildman–Crippen MR) is 323 cm³/mol. The number of hydrogen-bond acceptors (Lipinski definition) is 3. The first-order chi connectivity index (χ1) is 35.7. The van der Waals surface area contributed by atoms with Gasteiger partial charge in [0.25, 0.3) is 0 Å². The fourth-order valence-corrected chi connectivity index (χ4v) is 11.4. The van der Waals surface area contributed by atoms with Crippen molar-refractivity contribution in [1.29, 1.82) is 0 Å². The van der Waals surface area contributed by atoms with Gasteiger partial charge in [-0.2, -0.15) is 0 Å². The largest absolute Gasteiger partial charge is 0.394 e. The van der Waals surface area contributed by atoms with E-state index in [-0.39, 0.29) is 12.5 Å². The zero-order valence-corrected chi connectivity index (χ0v) is 50.0. The average Bonchev–Trinajstić information content (AvgIpc) is 3.39. The molecule has 0 fully saturated rings. The van der Waals surface area contributed by atoms with E-state index in [4.69, 9.17) is 0 Å². The highest BCUT2D eigenvalue weighted by Gasteiger charge is 2.20. The highest BCUT2D eigenvalue weighted by atomic mass is 16.3. The first kappa shape index (κ1) is 71.4. The first-order valence-electron chi connectivity index (χ1n) is 34.2. The van der Waals surface area contributed by atoms with E-state index < -0.39 is 12.1 Å². The van der Waals surface area contributed by atoms with Gasteiger partial charge in [0.2, 0.25) is 5.91 Å². The summed E-state index contributed by atoms with van der Waals surface area (Å²) in [5.41, 5.74) is 0. The molecule has 0 aliphatic heterocycles. The van der Waals surface area contributed by atoms with Gasteiger partial charge in [-0.25, -0.2) is 0 Å². The van der Waals surface area contributed by atoms with Crippen LogP contribution in [0.25, 0.3) is 0 Å². The summed E-state index contributed by atoms with van der Waals surface area (Å²) in [6.07, 6.45) is 84.5. The summed E-state index contributed by atoms with van der Waals surface area (Å²) < 4.78 is 0. The summed E-state index contributed by atoms with van der Waals surface area (Å²) in [6, 6.07) is -0.532. The van der Waals surface area contributed by atoms with Gasteiger partial charge < -0.3 is 15.5 Å². The molecule has 2 atom stereocenters. The van der Waals surface area contributed by atoms with E-state index in [1.165, 1.54) is 360 Å².